The van der Waals surface area contributed by atoms with Crippen molar-refractivity contribution in [2.75, 3.05) is 7.11 Å². The van der Waals surface area contributed by atoms with Crippen molar-refractivity contribution in [1.29, 1.82) is 0 Å². The summed E-state index contributed by atoms with van der Waals surface area (Å²) < 4.78 is 5.52. The maximum absolute atomic E-state index is 12.1. The number of methoxy groups -OCH3 is 1. The minimum atomic E-state index is -0.993. The van der Waals surface area contributed by atoms with Gasteiger partial charge in [0.25, 0.3) is 0 Å². The number of rotatable bonds is 4. The van der Waals surface area contributed by atoms with E-state index in [0.29, 0.717) is 28.3 Å². The van der Waals surface area contributed by atoms with Gasteiger partial charge in [-0.25, -0.2) is 9.78 Å². The van der Waals surface area contributed by atoms with Crippen molar-refractivity contribution in [1.82, 2.24) is 4.98 Å². The summed E-state index contributed by atoms with van der Waals surface area (Å²) in [6.45, 7) is 0. The lowest BCUT2D eigenvalue weighted by molar-refractivity contribution is 0.0695. The molecule has 1 N–H and O–H groups in total. The third kappa shape index (κ3) is 3.26. The molecule has 0 spiro atoms. The van der Waals surface area contributed by atoms with Gasteiger partial charge in [0.2, 0.25) is 0 Å². The van der Waals surface area contributed by atoms with Gasteiger partial charge < -0.3 is 9.84 Å². The van der Waals surface area contributed by atoms with Crippen LogP contribution in [0.4, 0.5) is 0 Å². The Morgan fingerprint density at radius 2 is 1.89 bits per heavy atom. The van der Waals surface area contributed by atoms with Crippen LogP contribution in [0.1, 0.15) is 45.6 Å². The van der Waals surface area contributed by atoms with Gasteiger partial charge in [0.15, 0.2) is 5.75 Å². The molecule has 4 rings (SSSR count). The molecule has 1 aliphatic rings. The summed E-state index contributed by atoms with van der Waals surface area (Å²) in [5.74, 6) is -0.659. The van der Waals surface area contributed by atoms with Crippen molar-refractivity contribution in [3.05, 3.63) is 69.4 Å². The number of pyridine rings is 1. The molecule has 0 fully saturated rings. The molecule has 27 heavy (non-hydrogen) atoms. The number of aromatic nitrogens is 1. The summed E-state index contributed by atoms with van der Waals surface area (Å²) in [4.78, 5) is 17.0. The smallest absolute Gasteiger partial charge is 0.340 e. The van der Waals surface area contributed by atoms with Crippen LogP contribution in [0.15, 0.2) is 36.4 Å². The zero-order valence-corrected chi connectivity index (χ0v) is 15.8. The van der Waals surface area contributed by atoms with Crippen molar-refractivity contribution in [2.24, 2.45) is 0 Å². The van der Waals surface area contributed by atoms with Crippen LogP contribution in [-0.2, 0) is 19.3 Å². The molecule has 1 aliphatic carbocycles. The van der Waals surface area contributed by atoms with Gasteiger partial charge in [0, 0.05) is 16.8 Å². The SMILES string of the molecule is COc1c(Cc2ccc(Cl)cc2)nc2c3c(ccc2c1C(=O)O)CCCC3. The van der Waals surface area contributed by atoms with E-state index < -0.39 is 5.97 Å². The van der Waals surface area contributed by atoms with Crippen molar-refractivity contribution in [3.63, 3.8) is 0 Å². The molecule has 0 radical (unpaired) electrons. The summed E-state index contributed by atoms with van der Waals surface area (Å²) in [7, 11) is 1.50. The molecule has 0 unspecified atom stereocenters. The van der Waals surface area contributed by atoms with Crippen LogP contribution >= 0.6 is 11.6 Å². The first kappa shape index (κ1) is 17.8. The number of halogens is 1. The molecule has 1 aromatic heterocycles. The topological polar surface area (TPSA) is 59.4 Å². The number of aromatic carboxylic acids is 1. The lowest BCUT2D eigenvalue weighted by Crippen LogP contribution is -2.11. The molecule has 0 atom stereocenters. The molecule has 5 heteroatoms. The molecule has 3 aromatic rings. The minimum Gasteiger partial charge on any atom is -0.494 e. The predicted octanol–water partition coefficient (Wildman–Crippen LogP) is 5.06. The first-order valence-electron chi connectivity index (χ1n) is 9.07. The molecule has 0 saturated heterocycles. The highest BCUT2D eigenvalue weighted by Gasteiger charge is 2.24. The zero-order valence-electron chi connectivity index (χ0n) is 15.1. The number of nitrogens with zero attached hydrogens (tertiary/aromatic N) is 1. The van der Waals surface area contributed by atoms with Crippen molar-refractivity contribution >= 4 is 28.5 Å². The van der Waals surface area contributed by atoms with Crippen LogP contribution in [0.3, 0.4) is 0 Å². The fourth-order valence-electron chi connectivity index (χ4n) is 3.94. The number of ether oxygens (including phenoxy) is 1. The van der Waals surface area contributed by atoms with Gasteiger partial charge in [0.05, 0.1) is 18.3 Å². The van der Waals surface area contributed by atoms with E-state index in [1.54, 1.807) is 0 Å². The van der Waals surface area contributed by atoms with E-state index in [-0.39, 0.29) is 5.56 Å². The molecule has 0 aliphatic heterocycles. The Morgan fingerprint density at radius 3 is 2.59 bits per heavy atom. The fraction of sp³-hybridized carbons (Fsp3) is 0.273. The molecule has 1 heterocycles. The molecule has 0 amide bonds. The molecule has 2 aromatic carbocycles. The van der Waals surface area contributed by atoms with Gasteiger partial charge in [-0.1, -0.05) is 35.9 Å². The Kier molecular flexibility index (Phi) is 4.75. The Bertz CT molecular complexity index is 1030. The fourth-order valence-corrected chi connectivity index (χ4v) is 4.06. The van der Waals surface area contributed by atoms with E-state index in [0.717, 1.165) is 36.8 Å². The van der Waals surface area contributed by atoms with Gasteiger partial charge in [-0.05, 0) is 54.5 Å². The largest absolute Gasteiger partial charge is 0.494 e. The number of hydrogen-bond acceptors (Lipinski definition) is 3. The average Bonchev–Trinajstić information content (AvgIpc) is 2.68. The van der Waals surface area contributed by atoms with E-state index in [1.165, 1.54) is 18.2 Å². The number of fused-ring (bicyclic) bond motifs is 3. The molecule has 0 bridgehead atoms. The highest BCUT2D eigenvalue weighted by atomic mass is 35.5. The van der Waals surface area contributed by atoms with E-state index in [1.807, 2.05) is 36.4 Å². The lowest BCUT2D eigenvalue weighted by Gasteiger charge is -2.20. The van der Waals surface area contributed by atoms with E-state index in [4.69, 9.17) is 21.3 Å². The molecule has 4 nitrogen and oxygen atoms in total. The third-order valence-electron chi connectivity index (χ3n) is 5.21. The quantitative estimate of drug-likeness (QED) is 0.685. The van der Waals surface area contributed by atoms with Crippen LogP contribution in [0.2, 0.25) is 5.02 Å². The van der Waals surface area contributed by atoms with Gasteiger partial charge in [-0.2, -0.15) is 0 Å². The van der Waals surface area contributed by atoms with E-state index >= 15 is 0 Å². The second kappa shape index (κ2) is 7.20. The number of carbonyl (C=O) groups is 1. The monoisotopic (exact) mass is 381 g/mol. The Morgan fingerprint density at radius 1 is 1.15 bits per heavy atom. The minimum absolute atomic E-state index is 0.194. The Balaban J connectivity index is 1.96. The van der Waals surface area contributed by atoms with Gasteiger partial charge in [-0.3, -0.25) is 0 Å². The van der Waals surface area contributed by atoms with Crippen LogP contribution in [0, 0.1) is 0 Å². The van der Waals surface area contributed by atoms with Crippen LogP contribution in [-0.4, -0.2) is 23.2 Å². The second-order valence-electron chi connectivity index (χ2n) is 6.88. The van der Waals surface area contributed by atoms with E-state index in [2.05, 4.69) is 0 Å². The van der Waals surface area contributed by atoms with Gasteiger partial charge in [0.1, 0.15) is 5.56 Å². The van der Waals surface area contributed by atoms with Crippen molar-refractivity contribution < 1.29 is 14.6 Å². The van der Waals surface area contributed by atoms with Crippen LogP contribution < -0.4 is 4.74 Å². The first-order chi connectivity index (χ1) is 13.1. The number of aryl methyl sites for hydroxylation is 2. The van der Waals surface area contributed by atoms with E-state index in [9.17, 15) is 9.90 Å². The summed E-state index contributed by atoms with van der Waals surface area (Å²) in [5, 5.41) is 11.2. The standard InChI is InChI=1S/C22H20ClNO3/c1-27-21-18(12-13-6-9-15(23)10-7-13)24-20-16-5-3-2-4-14(16)8-11-17(20)19(21)22(25)26/h6-11H,2-5,12H2,1H3,(H,25,26). The maximum Gasteiger partial charge on any atom is 0.340 e. The zero-order chi connectivity index (χ0) is 19.0. The van der Waals surface area contributed by atoms with Crippen LogP contribution in [0.5, 0.6) is 5.75 Å². The van der Waals surface area contributed by atoms with Gasteiger partial charge >= 0.3 is 5.97 Å². The highest BCUT2D eigenvalue weighted by Crippen LogP contribution is 2.36. The van der Waals surface area contributed by atoms with Crippen molar-refractivity contribution in [3.8, 4) is 5.75 Å². The Hall–Kier alpha value is -2.59. The summed E-state index contributed by atoms with van der Waals surface area (Å²) >= 11 is 5.98. The second-order valence-corrected chi connectivity index (χ2v) is 7.32. The average molecular weight is 382 g/mol. The normalized spacial score (nSPS) is 13.4. The number of carboxylic acids is 1. The molecular weight excluding hydrogens is 362 g/mol. The first-order valence-corrected chi connectivity index (χ1v) is 9.45. The van der Waals surface area contributed by atoms with Crippen LogP contribution in [0.25, 0.3) is 10.9 Å². The molecule has 0 saturated carbocycles. The Labute approximate surface area is 162 Å². The summed E-state index contributed by atoms with van der Waals surface area (Å²) in [5.41, 5.74) is 5.10. The highest BCUT2D eigenvalue weighted by molar-refractivity contribution is 6.30. The third-order valence-corrected chi connectivity index (χ3v) is 5.46. The lowest BCUT2D eigenvalue weighted by atomic mass is 9.88. The number of benzene rings is 2. The van der Waals surface area contributed by atoms with Crippen molar-refractivity contribution in [2.45, 2.75) is 32.1 Å². The molecule has 138 valence electrons. The summed E-state index contributed by atoms with van der Waals surface area (Å²) in [6.07, 6.45) is 4.71. The number of hydrogen-bond donors (Lipinski definition) is 1. The van der Waals surface area contributed by atoms with Gasteiger partial charge in [-0.15, -0.1) is 0 Å². The molecular formula is C22H20ClNO3. The number of carboxylic acid groups (broad SMARTS) is 1. The maximum atomic E-state index is 12.1. The predicted molar refractivity (Wildman–Crippen MR) is 106 cm³/mol. The summed E-state index contributed by atoms with van der Waals surface area (Å²) in [6, 6.07) is 11.4.